The highest BCUT2D eigenvalue weighted by atomic mass is 32.2. The zero-order valence-electron chi connectivity index (χ0n) is 21.2. The molecule has 1 aliphatic rings. The predicted molar refractivity (Wildman–Crippen MR) is 163 cm³/mol. The molecule has 0 spiro atoms. The first-order chi connectivity index (χ1) is 19.1. The maximum Gasteiger partial charge on any atom is 0.234 e. The lowest BCUT2D eigenvalue weighted by molar-refractivity contribution is -0.113. The predicted octanol–water partition coefficient (Wildman–Crippen LogP) is 7.13. The Morgan fingerprint density at radius 2 is 1.69 bits per heavy atom. The number of hydrogen-bond acceptors (Lipinski definition) is 8. The van der Waals surface area contributed by atoms with Crippen LogP contribution in [0.15, 0.2) is 90.1 Å². The average Bonchev–Trinajstić information content (AvgIpc) is 3.36. The van der Waals surface area contributed by atoms with E-state index in [1.165, 1.54) is 33.3 Å². The summed E-state index contributed by atoms with van der Waals surface area (Å²) in [5, 5.41) is 4.84. The number of aromatic nitrogens is 2. The van der Waals surface area contributed by atoms with Crippen LogP contribution >= 0.6 is 34.9 Å². The van der Waals surface area contributed by atoms with Crippen molar-refractivity contribution in [3.8, 4) is 5.75 Å². The van der Waals surface area contributed by atoms with Crippen LogP contribution in [0.2, 0.25) is 0 Å². The number of rotatable bonds is 7. The number of thioether (sulfide) groups is 2. The van der Waals surface area contributed by atoms with Crippen LogP contribution in [0.25, 0.3) is 10.2 Å². The number of methoxy groups -OCH3 is 1. The first kappa shape index (κ1) is 25.7. The first-order valence-electron chi connectivity index (χ1n) is 12.5. The van der Waals surface area contributed by atoms with Crippen molar-refractivity contribution < 1.29 is 9.53 Å². The van der Waals surface area contributed by atoms with E-state index in [4.69, 9.17) is 15.5 Å². The van der Waals surface area contributed by atoms with E-state index in [0.29, 0.717) is 21.9 Å². The second-order valence-corrected chi connectivity index (χ2v) is 12.4. The van der Waals surface area contributed by atoms with Crippen LogP contribution in [0.4, 0.5) is 11.5 Å². The molecule has 3 heterocycles. The monoisotopic (exact) mass is 570 g/mol. The maximum atomic E-state index is 12.6. The molecular weight excluding hydrogens is 545 g/mol. The molecule has 1 amide bonds. The van der Waals surface area contributed by atoms with Crippen LogP contribution in [0.5, 0.6) is 5.75 Å². The van der Waals surface area contributed by atoms with Gasteiger partial charge in [-0.2, -0.15) is 0 Å². The van der Waals surface area contributed by atoms with E-state index < -0.39 is 0 Å². The lowest BCUT2D eigenvalue weighted by Gasteiger charge is -2.30. The Morgan fingerprint density at radius 1 is 1.00 bits per heavy atom. The van der Waals surface area contributed by atoms with Gasteiger partial charge in [-0.3, -0.25) is 4.79 Å². The fourth-order valence-electron chi connectivity index (χ4n) is 4.74. The maximum absolute atomic E-state index is 12.6. The van der Waals surface area contributed by atoms with Gasteiger partial charge in [0.2, 0.25) is 5.91 Å². The molecule has 3 aromatic carbocycles. The molecule has 5 aromatic rings. The Kier molecular flexibility index (Phi) is 7.45. The molecule has 196 valence electrons. The third kappa shape index (κ3) is 5.48. The zero-order valence-corrected chi connectivity index (χ0v) is 23.6. The smallest absolute Gasteiger partial charge is 0.234 e. The van der Waals surface area contributed by atoms with Crippen molar-refractivity contribution in [2.24, 2.45) is 0 Å². The Labute approximate surface area is 239 Å². The number of carbonyl (C=O) groups is 1. The van der Waals surface area contributed by atoms with E-state index in [0.717, 1.165) is 22.4 Å². The van der Waals surface area contributed by atoms with Gasteiger partial charge in [0.05, 0.1) is 23.5 Å². The van der Waals surface area contributed by atoms with E-state index in [2.05, 4.69) is 71.0 Å². The minimum absolute atomic E-state index is 0.135. The molecule has 0 aliphatic carbocycles. The van der Waals surface area contributed by atoms with Gasteiger partial charge in [0.1, 0.15) is 16.4 Å². The van der Waals surface area contributed by atoms with Crippen LogP contribution in [0.3, 0.4) is 0 Å². The van der Waals surface area contributed by atoms with Crippen molar-refractivity contribution in [1.29, 1.82) is 0 Å². The highest BCUT2D eigenvalue weighted by Crippen LogP contribution is 2.55. The number of nitrogens with zero attached hydrogens (tertiary/aromatic N) is 2. The number of fused-ring (bicyclic) bond motifs is 3. The molecule has 2 unspecified atom stereocenters. The van der Waals surface area contributed by atoms with E-state index in [9.17, 15) is 4.79 Å². The summed E-state index contributed by atoms with van der Waals surface area (Å²) in [6.07, 6.45) is 0.873. The molecule has 0 saturated heterocycles. The topological polar surface area (TPSA) is 90.1 Å². The van der Waals surface area contributed by atoms with Gasteiger partial charge >= 0.3 is 0 Å². The molecule has 2 atom stereocenters. The van der Waals surface area contributed by atoms with Crippen LogP contribution in [0.1, 0.15) is 32.1 Å². The number of anilines is 2. The zero-order chi connectivity index (χ0) is 26.8. The first-order valence-corrected chi connectivity index (χ1v) is 15.2. The standard InChI is InChI=1S/C30H26N4O2S3/c1-36-21-14-12-20(13-15-21)32-24(35)17-37-30-33-28(31)25-22-16-23(18-8-4-2-5-9-18)38-26(19-10-6-3-7-11-19)27(22)39-29(25)34-30/h2-15,23,26H,16-17H2,1H3,(H,32,35)(H2,31,33,34). The SMILES string of the molecule is COc1ccc(NC(=O)CSc2nc(N)c3c4c(sc3n2)C(c2ccccc2)SC(c2ccccc2)C4)cc1. The molecule has 0 radical (unpaired) electrons. The summed E-state index contributed by atoms with van der Waals surface area (Å²) in [6, 6.07) is 28.5. The van der Waals surface area contributed by atoms with E-state index >= 15 is 0 Å². The second-order valence-electron chi connectivity index (χ2n) is 9.11. The van der Waals surface area contributed by atoms with Crippen molar-refractivity contribution in [1.82, 2.24) is 9.97 Å². The van der Waals surface area contributed by atoms with E-state index in [-0.39, 0.29) is 16.9 Å². The molecule has 2 aromatic heterocycles. The van der Waals surface area contributed by atoms with Gasteiger partial charge in [0, 0.05) is 15.8 Å². The normalized spacial score (nSPS) is 16.5. The van der Waals surface area contributed by atoms with Crippen molar-refractivity contribution >= 4 is 62.5 Å². The Balaban J connectivity index is 1.28. The molecule has 9 heteroatoms. The second kappa shape index (κ2) is 11.3. The fourth-order valence-corrected chi connectivity index (χ4v) is 8.47. The molecule has 6 rings (SSSR count). The molecule has 3 N–H and O–H groups in total. The number of thiophene rings is 1. The molecule has 6 nitrogen and oxygen atoms in total. The number of nitrogens with one attached hydrogen (secondary N) is 1. The van der Waals surface area contributed by atoms with Gasteiger partial charge in [-0.05, 0) is 47.4 Å². The summed E-state index contributed by atoms with van der Waals surface area (Å²) in [5.41, 5.74) is 11.1. The summed E-state index contributed by atoms with van der Waals surface area (Å²) in [7, 11) is 1.61. The quantitative estimate of drug-likeness (QED) is 0.159. The number of hydrogen-bond donors (Lipinski definition) is 2. The van der Waals surface area contributed by atoms with E-state index in [1.807, 2.05) is 36.0 Å². The van der Waals surface area contributed by atoms with Crippen molar-refractivity contribution in [3.63, 3.8) is 0 Å². The number of nitrogens with two attached hydrogens (primary N) is 1. The Hall–Kier alpha value is -3.53. The van der Waals surface area contributed by atoms with Crippen molar-refractivity contribution in [3.05, 3.63) is 106 Å². The van der Waals surface area contributed by atoms with Gasteiger partial charge in [-0.15, -0.1) is 23.1 Å². The lowest BCUT2D eigenvalue weighted by Crippen LogP contribution is -2.14. The highest BCUT2D eigenvalue weighted by Gasteiger charge is 2.34. The van der Waals surface area contributed by atoms with Gasteiger partial charge in [-0.25, -0.2) is 9.97 Å². The number of carbonyl (C=O) groups excluding carboxylic acids is 1. The summed E-state index contributed by atoms with van der Waals surface area (Å²) < 4.78 is 5.17. The summed E-state index contributed by atoms with van der Waals surface area (Å²) in [5.74, 6) is 1.26. The number of nitrogen functional groups attached to an aromatic ring is 1. The highest BCUT2D eigenvalue weighted by molar-refractivity contribution is 8.00. The van der Waals surface area contributed by atoms with Gasteiger partial charge in [0.25, 0.3) is 0 Å². The van der Waals surface area contributed by atoms with Gasteiger partial charge in [-0.1, -0.05) is 72.4 Å². The van der Waals surface area contributed by atoms with Crippen molar-refractivity contribution in [2.75, 3.05) is 23.9 Å². The third-order valence-electron chi connectivity index (χ3n) is 6.60. The van der Waals surface area contributed by atoms with Crippen LogP contribution in [0, 0.1) is 0 Å². The lowest BCUT2D eigenvalue weighted by atomic mass is 9.98. The molecule has 39 heavy (non-hydrogen) atoms. The third-order valence-corrected chi connectivity index (χ3v) is 10.3. The Bertz CT molecular complexity index is 1610. The minimum atomic E-state index is -0.135. The van der Waals surface area contributed by atoms with Crippen LogP contribution in [-0.2, 0) is 11.2 Å². The van der Waals surface area contributed by atoms with Gasteiger partial charge < -0.3 is 15.8 Å². The molecule has 0 bridgehead atoms. The van der Waals surface area contributed by atoms with Gasteiger partial charge in [0.15, 0.2) is 5.16 Å². The molecular formula is C30H26N4O2S3. The summed E-state index contributed by atoms with van der Waals surface area (Å²) >= 11 is 4.96. The van der Waals surface area contributed by atoms with E-state index in [1.54, 1.807) is 18.4 Å². The minimum Gasteiger partial charge on any atom is -0.497 e. The fraction of sp³-hybridized carbons (Fsp3) is 0.167. The number of ether oxygens (including phenoxy) is 1. The molecule has 1 aliphatic heterocycles. The van der Waals surface area contributed by atoms with Crippen LogP contribution in [-0.4, -0.2) is 28.7 Å². The molecule has 0 saturated carbocycles. The summed E-state index contributed by atoms with van der Waals surface area (Å²) in [4.78, 5) is 24.2. The Morgan fingerprint density at radius 3 is 2.38 bits per heavy atom. The average molecular weight is 571 g/mol. The summed E-state index contributed by atoms with van der Waals surface area (Å²) in [6.45, 7) is 0. The number of amides is 1. The van der Waals surface area contributed by atoms with Crippen molar-refractivity contribution in [2.45, 2.75) is 22.1 Å². The largest absolute Gasteiger partial charge is 0.497 e. The van der Waals surface area contributed by atoms with Crippen LogP contribution < -0.4 is 15.8 Å². The molecule has 0 fully saturated rings. The number of benzene rings is 3.